The van der Waals surface area contributed by atoms with E-state index >= 15 is 0 Å². The predicted molar refractivity (Wildman–Crippen MR) is 86.5 cm³/mol. The molecule has 1 heterocycles. The van der Waals surface area contributed by atoms with Gasteiger partial charge in [0.2, 0.25) is 0 Å². The lowest BCUT2D eigenvalue weighted by molar-refractivity contribution is 0.0697. The minimum Gasteiger partial charge on any atom is -0.478 e. The minimum absolute atomic E-state index is 0. The van der Waals surface area contributed by atoms with E-state index in [1.807, 2.05) is 0 Å². The van der Waals surface area contributed by atoms with Gasteiger partial charge in [-0.05, 0) is 18.2 Å². The molecule has 0 radical (unpaired) electrons. The van der Waals surface area contributed by atoms with E-state index in [-0.39, 0.29) is 29.2 Å². The summed E-state index contributed by atoms with van der Waals surface area (Å²) in [7, 11) is 0. The molecular formula is C16H12ClNO4. The second-order valence-electron chi connectivity index (χ2n) is 4.58. The number of halogens is 1. The number of anilines is 1. The molecule has 3 N–H and O–H groups in total. The zero-order valence-electron chi connectivity index (χ0n) is 11.3. The SMILES string of the molecule is Cl.Nc1ccc2c(=O)cc(-c3ccccc3C(=O)O)oc2c1. The first-order valence-corrected chi connectivity index (χ1v) is 6.22. The molecule has 0 amide bonds. The van der Waals surface area contributed by atoms with Crippen molar-refractivity contribution in [3.05, 3.63) is 64.3 Å². The van der Waals surface area contributed by atoms with Crippen molar-refractivity contribution >= 4 is 35.0 Å². The van der Waals surface area contributed by atoms with Crippen LogP contribution in [0.5, 0.6) is 0 Å². The van der Waals surface area contributed by atoms with E-state index in [0.717, 1.165) is 0 Å². The number of carboxylic acids is 1. The largest absolute Gasteiger partial charge is 0.478 e. The van der Waals surface area contributed by atoms with E-state index < -0.39 is 5.97 Å². The molecule has 2 aromatic carbocycles. The van der Waals surface area contributed by atoms with Gasteiger partial charge in [-0.2, -0.15) is 0 Å². The highest BCUT2D eigenvalue weighted by atomic mass is 35.5. The first-order chi connectivity index (χ1) is 10.1. The van der Waals surface area contributed by atoms with Gasteiger partial charge < -0.3 is 15.3 Å². The van der Waals surface area contributed by atoms with Crippen LogP contribution in [0.2, 0.25) is 0 Å². The molecule has 22 heavy (non-hydrogen) atoms. The number of hydrogen-bond acceptors (Lipinski definition) is 4. The highest BCUT2D eigenvalue weighted by Gasteiger charge is 2.14. The summed E-state index contributed by atoms with van der Waals surface area (Å²) in [6.45, 7) is 0. The predicted octanol–water partition coefficient (Wildman–Crippen LogP) is 3.16. The van der Waals surface area contributed by atoms with Crippen molar-refractivity contribution in [1.82, 2.24) is 0 Å². The average Bonchev–Trinajstić information content (AvgIpc) is 2.46. The van der Waals surface area contributed by atoms with Crippen LogP contribution in [-0.2, 0) is 0 Å². The molecule has 0 saturated heterocycles. The van der Waals surface area contributed by atoms with E-state index in [9.17, 15) is 14.7 Å². The third-order valence-electron chi connectivity index (χ3n) is 3.18. The van der Waals surface area contributed by atoms with Gasteiger partial charge in [-0.3, -0.25) is 4.79 Å². The number of carbonyl (C=O) groups is 1. The highest BCUT2D eigenvalue weighted by molar-refractivity contribution is 5.95. The molecule has 0 atom stereocenters. The number of benzene rings is 2. The lowest BCUT2D eigenvalue weighted by atomic mass is 10.0. The fourth-order valence-corrected chi connectivity index (χ4v) is 2.19. The molecule has 112 valence electrons. The quantitative estimate of drug-likeness (QED) is 0.708. The summed E-state index contributed by atoms with van der Waals surface area (Å²) in [5.74, 6) is -0.878. The van der Waals surface area contributed by atoms with E-state index in [2.05, 4.69) is 0 Å². The average molecular weight is 318 g/mol. The monoisotopic (exact) mass is 317 g/mol. The van der Waals surface area contributed by atoms with Crippen LogP contribution in [0.1, 0.15) is 10.4 Å². The fourth-order valence-electron chi connectivity index (χ4n) is 2.19. The van der Waals surface area contributed by atoms with Crippen LogP contribution >= 0.6 is 12.4 Å². The smallest absolute Gasteiger partial charge is 0.336 e. The Hall–Kier alpha value is -2.79. The van der Waals surface area contributed by atoms with E-state index in [0.29, 0.717) is 22.2 Å². The normalized spacial score (nSPS) is 10.2. The van der Waals surface area contributed by atoms with E-state index in [4.69, 9.17) is 10.2 Å². The van der Waals surface area contributed by atoms with Crippen molar-refractivity contribution < 1.29 is 14.3 Å². The Morgan fingerprint density at radius 3 is 2.55 bits per heavy atom. The number of nitrogen functional groups attached to an aromatic ring is 1. The maximum atomic E-state index is 12.1. The summed E-state index contributed by atoms with van der Waals surface area (Å²) in [5, 5.41) is 9.62. The first kappa shape index (κ1) is 15.6. The van der Waals surface area contributed by atoms with Crippen LogP contribution in [0.15, 0.2) is 57.7 Å². The molecular weight excluding hydrogens is 306 g/mol. The molecule has 3 aromatic rings. The van der Waals surface area contributed by atoms with Crippen LogP contribution < -0.4 is 11.2 Å². The maximum absolute atomic E-state index is 12.1. The van der Waals surface area contributed by atoms with Crippen molar-refractivity contribution in [1.29, 1.82) is 0 Å². The summed E-state index contributed by atoms with van der Waals surface area (Å²) in [4.78, 5) is 23.4. The second kappa shape index (κ2) is 5.91. The zero-order valence-corrected chi connectivity index (χ0v) is 12.1. The Balaban J connectivity index is 0.00000176. The van der Waals surface area contributed by atoms with Gasteiger partial charge in [0.1, 0.15) is 11.3 Å². The molecule has 0 aliphatic carbocycles. The Morgan fingerprint density at radius 2 is 1.82 bits per heavy atom. The first-order valence-electron chi connectivity index (χ1n) is 6.22. The van der Waals surface area contributed by atoms with Crippen molar-refractivity contribution in [3.63, 3.8) is 0 Å². The minimum atomic E-state index is -1.08. The molecule has 0 fully saturated rings. The number of aromatic carboxylic acids is 1. The van der Waals surface area contributed by atoms with Gasteiger partial charge in [0.15, 0.2) is 5.43 Å². The fraction of sp³-hybridized carbons (Fsp3) is 0. The van der Waals surface area contributed by atoms with Crippen molar-refractivity contribution in [2.45, 2.75) is 0 Å². The Labute approximate surface area is 131 Å². The molecule has 0 saturated carbocycles. The molecule has 6 heteroatoms. The van der Waals surface area contributed by atoms with Crippen LogP contribution in [-0.4, -0.2) is 11.1 Å². The van der Waals surface area contributed by atoms with Gasteiger partial charge in [-0.1, -0.05) is 18.2 Å². The lowest BCUT2D eigenvalue weighted by Gasteiger charge is -2.06. The molecule has 0 aliphatic heterocycles. The van der Waals surface area contributed by atoms with Gasteiger partial charge in [0.25, 0.3) is 0 Å². The maximum Gasteiger partial charge on any atom is 0.336 e. The Kier molecular flexibility index (Phi) is 4.19. The Bertz CT molecular complexity index is 917. The zero-order chi connectivity index (χ0) is 15.0. The van der Waals surface area contributed by atoms with E-state index in [1.54, 1.807) is 36.4 Å². The Morgan fingerprint density at radius 1 is 1.09 bits per heavy atom. The lowest BCUT2D eigenvalue weighted by Crippen LogP contribution is -2.04. The molecule has 0 aliphatic rings. The van der Waals surface area contributed by atoms with Gasteiger partial charge in [0, 0.05) is 23.4 Å². The van der Waals surface area contributed by atoms with Crippen LogP contribution in [0.3, 0.4) is 0 Å². The van der Waals surface area contributed by atoms with Crippen LogP contribution in [0.4, 0.5) is 5.69 Å². The summed E-state index contributed by atoms with van der Waals surface area (Å²) in [5.41, 5.74) is 6.67. The molecule has 0 bridgehead atoms. The number of fused-ring (bicyclic) bond motifs is 1. The topological polar surface area (TPSA) is 93.5 Å². The third-order valence-corrected chi connectivity index (χ3v) is 3.18. The third kappa shape index (κ3) is 2.66. The van der Waals surface area contributed by atoms with Crippen molar-refractivity contribution in [2.75, 3.05) is 5.73 Å². The molecule has 0 spiro atoms. The summed E-state index contributed by atoms with van der Waals surface area (Å²) < 4.78 is 5.66. The van der Waals surface area contributed by atoms with Crippen LogP contribution in [0.25, 0.3) is 22.3 Å². The van der Waals surface area contributed by atoms with Crippen LogP contribution in [0, 0.1) is 0 Å². The number of nitrogens with two attached hydrogens (primary N) is 1. The standard InChI is InChI=1S/C16H11NO4.ClH/c17-9-5-6-12-13(18)8-15(21-14(12)7-9)10-3-1-2-4-11(10)16(19)20;/h1-8H,17H2,(H,19,20);1H. The van der Waals surface area contributed by atoms with Gasteiger partial charge >= 0.3 is 5.97 Å². The summed E-state index contributed by atoms with van der Waals surface area (Å²) >= 11 is 0. The molecule has 5 nitrogen and oxygen atoms in total. The number of carboxylic acid groups (broad SMARTS) is 1. The highest BCUT2D eigenvalue weighted by Crippen LogP contribution is 2.26. The number of rotatable bonds is 2. The van der Waals surface area contributed by atoms with Crippen molar-refractivity contribution in [3.8, 4) is 11.3 Å². The van der Waals surface area contributed by atoms with E-state index in [1.165, 1.54) is 12.1 Å². The van der Waals surface area contributed by atoms with Gasteiger partial charge in [-0.15, -0.1) is 12.4 Å². The number of hydrogen-bond donors (Lipinski definition) is 2. The molecule has 1 aromatic heterocycles. The second-order valence-corrected chi connectivity index (χ2v) is 4.58. The van der Waals surface area contributed by atoms with Gasteiger partial charge in [0.05, 0.1) is 10.9 Å². The van der Waals surface area contributed by atoms with Gasteiger partial charge in [-0.25, -0.2) is 4.79 Å². The van der Waals surface area contributed by atoms with Crippen molar-refractivity contribution in [2.24, 2.45) is 0 Å². The summed E-state index contributed by atoms with van der Waals surface area (Å²) in [6, 6.07) is 12.4. The molecule has 3 rings (SSSR count). The molecule has 0 unspecified atom stereocenters. The summed E-state index contributed by atoms with van der Waals surface area (Å²) in [6.07, 6.45) is 0.